The lowest BCUT2D eigenvalue weighted by molar-refractivity contribution is 0.0850. The van der Waals surface area contributed by atoms with Crippen LogP contribution in [-0.2, 0) is 11.3 Å². The first-order valence-electron chi connectivity index (χ1n) is 8.30. The van der Waals surface area contributed by atoms with Gasteiger partial charge in [0.2, 0.25) is 0 Å². The molecule has 0 unspecified atom stereocenters. The summed E-state index contributed by atoms with van der Waals surface area (Å²) in [4.78, 5) is 14.4. The molecule has 2 heterocycles. The number of hydrogen-bond donors (Lipinski definition) is 1. The molecular weight excluding hydrogens is 282 g/mol. The van der Waals surface area contributed by atoms with Crippen LogP contribution in [0.4, 0.5) is 0 Å². The number of nitrogens with zero attached hydrogens (tertiary/aromatic N) is 2. The van der Waals surface area contributed by atoms with Crippen LogP contribution in [0.2, 0.25) is 0 Å². The summed E-state index contributed by atoms with van der Waals surface area (Å²) in [6.45, 7) is 8.40. The van der Waals surface area contributed by atoms with Crippen molar-refractivity contribution >= 4 is 5.91 Å². The van der Waals surface area contributed by atoms with Gasteiger partial charge in [-0.05, 0) is 38.8 Å². The smallest absolute Gasteiger partial charge is 0.273 e. The Balaban J connectivity index is 1.82. The molecule has 1 saturated heterocycles. The molecule has 6 nitrogen and oxygen atoms in total. The zero-order chi connectivity index (χ0) is 15.8. The summed E-state index contributed by atoms with van der Waals surface area (Å²) in [6.07, 6.45) is 4.42. The highest BCUT2D eigenvalue weighted by Crippen LogP contribution is 2.12. The molecule has 1 atom stereocenters. The molecule has 22 heavy (non-hydrogen) atoms. The van der Waals surface area contributed by atoms with Crippen LogP contribution in [0, 0.1) is 0 Å². The molecule has 1 aromatic rings. The van der Waals surface area contributed by atoms with Crippen molar-refractivity contribution in [2.24, 2.45) is 0 Å². The topological polar surface area (TPSA) is 67.6 Å². The Labute approximate surface area is 132 Å². The van der Waals surface area contributed by atoms with Crippen LogP contribution in [0.1, 0.15) is 55.8 Å². The monoisotopic (exact) mass is 309 g/mol. The Kier molecular flexibility index (Phi) is 6.86. The number of rotatable bonds is 9. The van der Waals surface area contributed by atoms with E-state index in [-0.39, 0.29) is 12.0 Å². The first kappa shape index (κ1) is 17.0. The summed E-state index contributed by atoms with van der Waals surface area (Å²) in [7, 11) is 0. The molecule has 0 aromatic carbocycles. The van der Waals surface area contributed by atoms with Crippen molar-refractivity contribution in [3.63, 3.8) is 0 Å². The number of carbonyl (C=O) groups is 1. The molecule has 0 radical (unpaired) electrons. The first-order valence-corrected chi connectivity index (χ1v) is 8.30. The highest BCUT2D eigenvalue weighted by Gasteiger charge is 2.19. The maximum absolute atomic E-state index is 12.0. The third-order valence-electron chi connectivity index (χ3n) is 3.76. The predicted octanol–water partition coefficient (Wildman–Crippen LogP) is 2.21. The summed E-state index contributed by atoms with van der Waals surface area (Å²) in [5, 5.41) is 6.74. The second-order valence-electron chi connectivity index (χ2n) is 5.80. The third-order valence-corrected chi connectivity index (χ3v) is 3.76. The van der Waals surface area contributed by atoms with Crippen molar-refractivity contribution in [3.05, 3.63) is 17.5 Å². The average molecular weight is 309 g/mol. The summed E-state index contributed by atoms with van der Waals surface area (Å²) >= 11 is 0. The predicted molar refractivity (Wildman–Crippen MR) is 83.7 cm³/mol. The fourth-order valence-electron chi connectivity index (χ4n) is 2.72. The van der Waals surface area contributed by atoms with E-state index in [9.17, 15) is 4.79 Å². The maximum Gasteiger partial charge on any atom is 0.273 e. The van der Waals surface area contributed by atoms with E-state index in [1.165, 1.54) is 0 Å². The second kappa shape index (κ2) is 8.90. The highest BCUT2D eigenvalue weighted by molar-refractivity contribution is 5.92. The van der Waals surface area contributed by atoms with Crippen molar-refractivity contribution in [1.82, 2.24) is 15.4 Å². The Morgan fingerprint density at radius 2 is 2.18 bits per heavy atom. The molecule has 1 amide bonds. The molecule has 0 spiro atoms. The SMILES string of the molecule is CCCN(CCC)Cc1cc(C(=O)NC[C@@H]2CCCO2)no1. The number of aromatic nitrogens is 1. The van der Waals surface area contributed by atoms with Crippen LogP contribution in [0.25, 0.3) is 0 Å². The van der Waals surface area contributed by atoms with E-state index in [2.05, 4.69) is 29.2 Å². The Morgan fingerprint density at radius 1 is 1.41 bits per heavy atom. The van der Waals surface area contributed by atoms with E-state index in [4.69, 9.17) is 9.26 Å². The van der Waals surface area contributed by atoms with Gasteiger partial charge in [0.25, 0.3) is 5.91 Å². The largest absolute Gasteiger partial charge is 0.376 e. The minimum Gasteiger partial charge on any atom is -0.376 e. The normalized spacial score (nSPS) is 18.0. The van der Waals surface area contributed by atoms with Crippen molar-refractivity contribution in [2.75, 3.05) is 26.2 Å². The van der Waals surface area contributed by atoms with Crippen molar-refractivity contribution in [3.8, 4) is 0 Å². The van der Waals surface area contributed by atoms with Gasteiger partial charge in [-0.3, -0.25) is 9.69 Å². The molecule has 124 valence electrons. The minimum absolute atomic E-state index is 0.139. The van der Waals surface area contributed by atoms with Gasteiger partial charge in [0, 0.05) is 19.2 Å². The lowest BCUT2D eigenvalue weighted by Gasteiger charge is -2.18. The number of ether oxygens (including phenoxy) is 1. The fourth-order valence-corrected chi connectivity index (χ4v) is 2.72. The zero-order valence-electron chi connectivity index (χ0n) is 13.6. The lowest BCUT2D eigenvalue weighted by atomic mass is 10.2. The third kappa shape index (κ3) is 5.10. The molecule has 1 aromatic heterocycles. The van der Waals surface area contributed by atoms with Crippen LogP contribution in [0.15, 0.2) is 10.6 Å². The first-order chi connectivity index (χ1) is 10.7. The number of hydrogen-bond acceptors (Lipinski definition) is 5. The van der Waals surface area contributed by atoms with Gasteiger partial charge in [-0.25, -0.2) is 0 Å². The van der Waals surface area contributed by atoms with Crippen LogP contribution >= 0.6 is 0 Å². The Morgan fingerprint density at radius 3 is 2.82 bits per heavy atom. The van der Waals surface area contributed by atoms with Gasteiger partial charge in [0.1, 0.15) is 0 Å². The fraction of sp³-hybridized carbons (Fsp3) is 0.750. The second-order valence-corrected chi connectivity index (χ2v) is 5.80. The van der Waals surface area contributed by atoms with E-state index >= 15 is 0 Å². The van der Waals surface area contributed by atoms with Crippen LogP contribution in [-0.4, -0.2) is 48.3 Å². The van der Waals surface area contributed by atoms with E-state index in [0.29, 0.717) is 18.8 Å². The molecule has 0 bridgehead atoms. The van der Waals surface area contributed by atoms with Crippen LogP contribution < -0.4 is 5.32 Å². The maximum atomic E-state index is 12.0. The zero-order valence-corrected chi connectivity index (χ0v) is 13.6. The Bertz CT molecular complexity index is 449. The molecular formula is C16H27N3O3. The molecule has 1 aliphatic rings. The van der Waals surface area contributed by atoms with Gasteiger partial charge in [-0.2, -0.15) is 0 Å². The summed E-state index contributed by atoms with van der Waals surface area (Å²) < 4.78 is 10.8. The minimum atomic E-state index is -0.192. The summed E-state index contributed by atoms with van der Waals surface area (Å²) in [5.41, 5.74) is 0.348. The molecule has 0 aliphatic carbocycles. The van der Waals surface area contributed by atoms with Gasteiger partial charge in [-0.1, -0.05) is 19.0 Å². The number of nitrogens with one attached hydrogen (secondary N) is 1. The highest BCUT2D eigenvalue weighted by atomic mass is 16.5. The van der Waals surface area contributed by atoms with E-state index in [1.54, 1.807) is 6.07 Å². The van der Waals surface area contributed by atoms with Crippen LogP contribution in [0.3, 0.4) is 0 Å². The summed E-state index contributed by atoms with van der Waals surface area (Å²) in [6, 6.07) is 1.74. The molecule has 1 N–H and O–H groups in total. The van der Waals surface area contributed by atoms with E-state index < -0.39 is 0 Å². The quantitative estimate of drug-likeness (QED) is 0.757. The Hall–Kier alpha value is -1.40. The van der Waals surface area contributed by atoms with Crippen molar-refractivity contribution in [2.45, 2.75) is 52.2 Å². The van der Waals surface area contributed by atoms with Gasteiger partial charge < -0.3 is 14.6 Å². The van der Waals surface area contributed by atoms with Crippen molar-refractivity contribution in [1.29, 1.82) is 0 Å². The molecule has 0 saturated carbocycles. The number of carbonyl (C=O) groups excluding carboxylic acids is 1. The van der Waals surface area contributed by atoms with E-state index in [0.717, 1.165) is 51.1 Å². The van der Waals surface area contributed by atoms with Crippen molar-refractivity contribution < 1.29 is 14.1 Å². The van der Waals surface area contributed by atoms with Gasteiger partial charge in [0.05, 0.1) is 12.6 Å². The van der Waals surface area contributed by atoms with Gasteiger partial charge in [0.15, 0.2) is 11.5 Å². The van der Waals surface area contributed by atoms with Crippen LogP contribution in [0.5, 0.6) is 0 Å². The molecule has 1 fully saturated rings. The summed E-state index contributed by atoms with van der Waals surface area (Å²) in [5.74, 6) is 0.548. The average Bonchev–Trinajstić information content (AvgIpc) is 3.17. The van der Waals surface area contributed by atoms with Gasteiger partial charge >= 0.3 is 0 Å². The molecule has 2 rings (SSSR count). The lowest BCUT2D eigenvalue weighted by Crippen LogP contribution is -2.31. The standard InChI is InChI=1S/C16H27N3O3/c1-3-7-19(8-4-2)12-14-10-15(18-22-14)16(20)17-11-13-6-5-9-21-13/h10,13H,3-9,11-12H2,1-2H3,(H,17,20)/t13-/m0/s1. The van der Waals surface area contributed by atoms with E-state index in [1.807, 2.05) is 0 Å². The molecule has 6 heteroatoms. The number of amides is 1. The molecule has 1 aliphatic heterocycles. The van der Waals surface area contributed by atoms with Gasteiger partial charge in [-0.15, -0.1) is 0 Å².